The fourth-order valence-corrected chi connectivity index (χ4v) is 1.62. The lowest BCUT2D eigenvalue weighted by Gasteiger charge is -2.18. The lowest BCUT2D eigenvalue weighted by molar-refractivity contribution is -0.121. The van der Waals surface area contributed by atoms with Gasteiger partial charge in [0.05, 0.1) is 6.26 Å². The first-order chi connectivity index (χ1) is 6.79. The highest BCUT2D eigenvalue weighted by Gasteiger charge is 2.25. The molecule has 1 N–H and O–H groups in total. The zero-order valence-electron chi connectivity index (χ0n) is 8.19. The summed E-state index contributed by atoms with van der Waals surface area (Å²) in [6, 6.07) is 3.61. The Bertz CT molecular complexity index is 308. The topological polar surface area (TPSA) is 45.5 Å². The molecule has 1 aromatic rings. The number of nitrogens with zero attached hydrogens (tertiary/aromatic N) is 1. The van der Waals surface area contributed by atoms with Crippen LogP contribution in [0.2, 0.25) is 0 Å². The molecule has 4 nitrogen and oxygen atoms in total. The maximum Gasteiger partial charge on any atom is 0.233 e. The first-order valence-corrected chi connectivity index (χ1v) is 4.84. The third-order valence-electron chi connectivity index (χ3n) is 2.42. The van der Waals surface area contributed by atoms with Gasteiger partial charge >= 0.3 is 0 Å². The Morgan fingerprint density at radius 3 is 3.21 bits per heavy atom. The molecule has 0 aliphatic carbocycles. The van der Waals surface area contributed by atoms with Crippen LogP contribution in [0.1, 0.15) is 6.92 Å². The van der Waals surface area contributed by atoms with Crippen molar-refractivity contribution in [3.8, 4) is 0 Å². The van der Waals surface area contributed by atoms with Crippen LogP contribution in [0.25, 0.3) is 0 Å². The van der Waals surface area contributed by atoms with Gasteiger partial charge in [0.25, 0.3) is 0 Å². The summed E-state index contributed by atoms with van der Waals surface area (Å²) in [6.07, 6.45) is 1.59. The summed E-state index contributed by atoms with van der Waals surface area (Å²) < 4.78 is 5.22. The standard InChI is InChI=1S/C10H14N2O2/c1-8-7-11-4-5-12(10(8)13)9-3-2-6-14-9/h2-3,6,8,11H,4-5,7H2,1H3. The number of anilines is 1. The predicted molar refractivity (Wildman–Crippen MR) is 53.1 cm³/mol. The molecule has 1 fully saturated rings. The van der Waals surface area contributed by atoms with E-state index in [4.69, 9.17) is 4.42 Å². The summed E-state index contributed by atoms with van der Waals surface area (Å²) in [5.74, 6) is 0.790. The van der Waals surface area contributed by atoms with Gasteiger partial charge in [-0.15, -0.1) is 0 Å². The van der Waals surface area contributed by atoms with E-state index >= 15 is 0 Å². The van der Waals surface area contributed by atoms with Gasteiger partial charge in [-0.3, -0.25) is 9.69 Å². The van der Waals surface area contributed by atoms with E-state index in [1.807, 2.05) is 13.0 Å². The first kappa shape index (κ1) is 9.27. The molecule has 2 rings (SSSR count). The third-order valence-corrected chi connectivity index (χ3v) is 2.42. The molecule has 1 amide bonds. The minimum atomic E-state index is 0.0163. The summed E-state index contributed by atoms with van der Waals surface area (Å²) in [5.41, 5.74) is 0. The zero-order valence-corrected chi connectivity index (χ0v) is 8.19. The molecular weight excluding hydrogens is 180 g/mol. The second-order valence-electron chi connectivity index (χ2n) is 3.55. The number of hydrogen-bond acceptors (Lipinski definition) is 3. The Kier molecular flexibility index (Phi) is 2.54. The van der Waals surface area contributed by atoms with Crippen molar-refractivity contribution in [2.24, 2.45) is 5.92 Å². The van der Waals surface area contributed by atoms with Gasteiger partial charge in [0.15, 0.2) is 0 Å². The smallest absolute Gasteiger partial charge is 0.233 e. The molecule has 1 aliphatic heterocycles. The van der Waals surface area contributed by atoms with E-state index in [2.05, 4.69) is 5.32 Å². The first-order valence-electron chi connectivity index (χ1n) is 4.84. The van der Waals surface area contributed by atoms with Crippen LogP contribution >= 0.6 is 0 Å². The molecule has 76 valence electrons. The van der Waals surface area contributed by atoms with Gasteiger partial charge < -0.3 is 9.73 Å². The number of amides is 1. The van der Waals surface area contributed by atoms with E-state index in [9.17, 15) is 4.79 Å². The number of furan rings is 1. The molecule has 0 radical (unpaired) electrons. The molecule has 0 aromatic carbocycles. The lowest BCUT2D eigenvalue weighted by atomic mass is 10.1. The van der Waals surface area contributed by atoms with E-state index in [0.717, 1.165) is 13.1 Å². The van der Waals surface area contributed by atoms with Crippen molar-refractivity contribution in [3.63, 3.8) is 0 Å². The molecule has 0 bridgehead atoms. The summed E-state index contributed by atoms with van der Waals surface area (Å²) in [4.78, 5) is 13.6. The van der Waals surface area contributed by atoms with Crippen molar-refractivity contribution in [2.45, 2.75) is 6.92 Å². The molecule has 0 saturated carbocycles. The Hall–Kier alpha value is -1.29. The van der Waals surface area contributed by atoms with E-state index in [0.29, 0.717) is 12.4 Å². The highest BCUT2D eigenvalue weighted by molar-refractivity contribution is 5.94. The Labute approximate surface area is 82.9 Å². The van der Waals surface area contributed by atoms with Crippen LogP contribution in [0.3, 0.4) is 0 Å². The largest absolute Gasteiger partial charge is 0.448 e. The summed E-state index contributed by atoms with van der Waals surface area (Å²) in [7, 11) is 0. The van der Waals surface area contributed by atoms with Crippen LogP contribution in [0.4, 0.5) is 5.88 Å². The van der Waals surface area contributed by atoms with Crippen LogP contribution < -0.4 is 10.2 Å². The molecule has 1 atom stereocenters. The van der Waals surface area contributed by atoms with Crippen molar-refractivity contribution in [1.82, 2.24) is 5.32 Å². The predicted octanol–water partition coefficient (Wildman–Crippen LogP) is 0.852. The number of rotatable bonds is 1. The summed E-state index contributed by atoms with van der Waals surface area (Å²) >= 11 is 0. The molecule has 2 heterocycles. The molecule has 14 heavy (non-hydrogen) atoms. The average Bonchev–Trinajstić information content (AvgIpc) is 2.64. The van der Waals surface area contributed by atoms with Crippen LogP contribution in [0.5, 0.6) is 0 Å². The van der Waals surface area contributed by atoms with Crippen molar-refractivity contribution >= 4 is 11.8 Å². The highest BCUT2D eigenvalue weighted by atomic mass is 16.3. The monoisotopic (exact) mass is 194 g/mol. The quantitative estimate of drug-likeness (QED) is 0.721. The van der Waals surface area contributed by atoms with Gasteiger partial charge in [0.2, 0.25) is 11.8 Å². The molecule has 1 aliphatic rings. The van der Waals surface area contributed by atoms with Gasteiger partial charge in [-0.25, -0.2) is 0 Å². The van der Waals surface area contributed by atoms with Crippen molar-refractivity contribution in [3.05, 3.63) is 18.4 Å². The van der Waals surface area contributed by atoms with E-state index in [-0.39, 0.29) is 11.8 Å². The van der Waals surface area contributed by atoms with E-state index < -0.39 is 0 Å². The summed E-state index contributed by atoms with van der Waals surface area (Å²) in [6.45, 7) is 4.17. The van der Waals surface area contributed by atoms with Crippen molar-refractivity contribution in [1.29, 1.82) is 0 Å². The normalized spacial score (nSPS) is 23.6. The molecule has 1 saturated heterocycles. The third kappa shape index (κ3) is 1.65. The van der Waals surface area contributed by atoms with Gasteiger partial charge in [-0.05, 0) is 6.07 Å². The molecule has 1 unspecified atom stereocenters. The number of carbonyl (C=O) groups excluding carboxylic acids is 1. The average molecular weight is 194 g/mol. The van der Waals surface area contributed by atoms with Crippen LogP contribution in [0.15, 0.2) is 22.8 Å². The van der Waals surface area contributed by atoms with Gasteiger partial charge in [-0.2, -0.15) is 0 Å². The van der Waals surface area contributed by atoms with Gasteiger partial charge in [0, 0.05) is 31.6 Å². The fourth-order valence-electron chi connectivity index (χ4n) is 1.62. The summed E-state index contributed by atoms with van der Waals surface area (Å²) in [5, 5.41) is 3.22. The maximum atomic E-state index is 11.9. The maximum absolute atomic E-state index is 11.9. The highest BCUT2D eigenvalue weighted by Crippen LogP contribution is 2.17. The van der Waals surface area contributed by atoms with E-state index in [1.165, 1.54) is 0 Å². The number of hydrogen-bond donors (Lipinski definition) is 1. The van der Waals surface area contributed by atoms with Gasteiger partial charge in [-0.1, -0.05) is 6.92 Å². The lowest BCUT2D eigenvalue weighted by Crippen LogP contribution is -2.35. The molecule has 1 aromatic heterocycles. The zero-order chi connectivity index (χ0) is 9.97. The molecule has 4 heteroatoms. The number of carbonyl (C=O) groups is 1. The number of nitrogens with one attached hydrogen (secondary N) is 1. The minimum Gasteiger partial charge on any atom is -0.448 e. The molecular formula is C10H14N2O2. The minimum absolute atomic E-state index is 0.0163. The Morgan fingerprint density at radius 2 is 2.50 bits per heavy atom. The second kappa shape index (κ2) is 3.84. The fraction of sp³-hybridized carbons (Fsp3) is 0.500. The van der Waals surface area contributed by atoms with Crippen LogP contribution in [-0.2, 0) is 4.79 Å². The molecule has 0 spiro atoms. The Morgan fingerprint density at radius 1 is 1.64 bits per heavy atom. The van der Waals surface area contributed by atoms with Crippen LogP contribution in [-0.4, -0.2) is 25.5 Å². The van der Waals surface area contributed by atoms with Crippen molar-refractivity contribution < 1.29 is 9.21 Å². The SMILES string of the molecule is CC1CNCCN(c2ccco2)C1=O. The van der Waals surface area contributed by atoms with Gasteiger partial charge in [0.1, 0.15) is 0 Å². The second-order valence-corrected chi connectivity index (χ2v) is 3.55. The van der Waals surface area contributed by atoms with Crippen LogP contribution in [0, 0.1) is 5.92 Å². The van der Waals surface area contributed by atoms with E-state index in [1.54, 1.807) is 17.2 Å². The van der Waals surface area contributed by atoms with Crippen molar-refractivity contribution in [2.75, 3.05) is 24.5 Å². The Balaban J connectivity index is 2.20.